The molecule has 0 heterocycles. The van der Waals surface area contributed by atoms with Gasteiger partial charge < -0.3 is 10.2 Å². The van der Waals surface area contributed by atoms with Gasteiger partial charge in [-0.1, -0.05) is 0 Å². The van der Waals surface area contributed by atoms with Gasteiger partial charge in [0, 0.05) is 0 Å². The molecule has 0 atom stereocenters. The molecule has 0 aliphatic carbocycles. The Morgan fingerprint density at radius 3 is 0.947 bits per heavy atom. The Morgan fingerprint density at radius 2 is 0.895 bits per heavy atom. The molecule has 19 heavy (non-hydrogen) atoms. The maximum absolute atomic E-state index is 11.9. The SMILES string of the molecule is O=S(=O)(O)O.OC(O)(F)C(F)(F)C(F)(F)C(F)(F)F. The van der Waals surface area contributed by atoms with Crippen molar-refractivity contribution in [3.8, 4) is 0 Å². The molecule has 0 fully saturated rings. The monoisotopic (exact) mass is 332 g/mol. The summed E-state index contributed by atoms with van der Waals surface area (Å²) >= 11 is 0. The second-order valence-electron chi connectivity index (χ2n) is 2.68. The molecule has 0 rings (SSSR count). The van der Waals surface area contributed by atoms with Crippen LogP contribution in [0, 0.1) is 0 Å². The summed E-state index contributed by atoms with van der Waals surface area (Å²) in [7, 11) is -4.67. The van der Waals surface area contributed by atoms with Gasteiger partial charge in [0.2, 0.25) is 0 Å². The fraction of sp³-hybridized carbons (Fsp3) is 1.00. The van der Waals surface area contributed by atoms with Crippen molar-refractivity contribution in [3.63, 3.8) is 0 Å². The van der Waals surface area contributed by atoms with Crippen LogP contribution in [0.2, 0.25) is 0 Å². The van der Waals surface area contributed by atoms with Gasteiger partial charge in [0.1, 0.15) is 0 Å². The third kappa shape index (κ3) is 5.81. The highest BCUT2D eigenvalue weighted by atomic mass is 32.3. The highest BCUT2D eigenvalue weighted by Crippen LogP contribution is 2.50. The lowest BCUT2D eigenvalue weighted by Gasteiger charge is -2.31. The molecule has 6 nitrogen and oxygen atoms in total. The molecule has 0 spiro atoms. The molecule has 0 saturated carbocycles. The molecule has 0 aromatic carbocycles. The number of halogens is 8. The standard InChI is InChI=1S/C4H2F8O2.H2O4S/c5-1(6,3(9,10)11)2(7,8)4(12,13)14;1-5(2,3)4/h13-14H;(H2,1,2,3,4). The largest absolute Gasteiger partial charge is 0.460 e. The van der Waals surface area contributed by atoms with Gasteiger partial charge in [0.25, 0.3) is 0 Å². The Morgan fingerprint density at radius 1 is 0.684 bits per heavy atom. The first-order valence-electron chi connectivity index (χ1n) is 3.41. The molecule has 4 N–H and O–H groups in total. The fourth-order valence-electron chi connectivity index (χ4n) is 0.378. The Labute approximate surface area is 98.4 Å². The smallest absolute Gasteiger partial charge is 0.335 e. The van der Waals surface area contributed by atoms with E-state index in [0.29, 0.717) is 0 Å². The average molecular weight is 332 g/mol. The summed E-state index contributed by atoms with van der Waals surface area (Å²) in [5.41, 5.74) is 0. The van der Waals surface area contributed by atoms with Crippen molar-refractivity contribution < 1.29 is 62.9 Å². The molecule has 0 radical (unpaired) electrons. The van der Waals surface area contributed by atoms with Crippen molar-refractivity contribution in [1.29, 1.82) is 0 Å². The van der Waals surface area contributed by atoms with E-state index in [0.717, 1.165) is 0 Å². The molecular weight excluding hydrogens is 328 g/mol. The minimum absolute atomic E-state index is 4.67. The molecule has 0 aromatic rings. The summed E-state index contributed by atoms with van der Waals surface area (Å²) in [6.07, 6.45) is -6.81. The summed E-state index contributed by atoms with van der Waals surface area (Å²) < 4.78 is 124. The van der Waals surface area contributed by atoms with Crippen LogP contribution in [0.3, 0.4) is 0 Å². The molecule has 0 bridgehead atoms. The second-order valence-corrected chi connectivity index (χ2v) is 3.58. The molecule has 0 aliphatic heterocycles. The quantitative estimate of drug-likeness (QED) is 0.337. The van der Waals surface area contributed by atoms with Crippen LogP contribution in [-0.2, 0) is 10.4 Å². The zero-order valence-electron chi connectivity index (χ0n) is 8.04. The molecule has 0 aromatic heterocycles. The molecule has 0 amide bonds. The van der Waals surface area contributed by atoms with Crippen molar-refractivity contribution in [1.82, 2.24) is 0 Å². The van der Waals surface area contributed by atoms with Crippen LogP contribution in [0.5, 0.6) is 0 Å². The predicted molar refractivity (Wildman–Crippen MR) is 38.4 cm³/mol. The normalized spacial score (nSPS) is 14.7. The highest BCUT2D eigenvalue weighted by Gasteiger charge is 2.81. The maximum Gasteiger partial charge on any atom is 0.460 e. The fourth-order valence-corrected chi connectivity index (χ4v) is 0.378. The topological polar surface area (TPSA) is 115 Å². The van der Waals surface area contributed by atoms with E-state index in [9.17, 15) is 35.1 Å². The van der Waals surface area contributed by atoms with Gasteiger partial charge in [-0.25, -0.2) is 0 Å². The summed E-state index contributed by atoms with van der Waals surface area (Å²) in [5, 5.41) is 14.8. The van der Waals surface area contributed by atoms with E-state index >= 15 is 0 Å². The van der Waals surface area contributed by atoms with Crippen molar-refractivity contribution in [2.24, 2.45) is 0 Å². The van der Waals surface area contributed by atoms with E-state index in [1.54, 1.807) is 0 Å². The maximum atomic E-state index is 11.9. The molecule has 118 valence electrons. The Balaban J connectivity index is 0. The minimum atomic E-state index is -6.89. The van der Waals surface area contributed by atoms with Crippen LogP contribution in [0.15, 0.2) is 0 Å². The van der Waals surface area contributed by atoms with Crippen molar-refractivity contribution in [2.75, 3.05) is 0 Å². The zero-order valence-corrected chi connectivity index (χ0v) is 8.85. The lowest BCUT2D eigenvalue weighted by Crippen LogP contribution is -2.62. The molecule has 0 saturated heterocycles. The van der Waals surface area contributed by atoms with Gasteiger partial charge in [0.05, 0.1) is 0 Å². The third-order valence-corrected chi connectivity index (χ3v) is 1.15. The summed E-state index contributed by atoms with van der Waals surface area (Å²) in [4.78, 5) is 0. The minimum Gasteiger partial charge on any atom is -0.335 e. The van der Waals surface area contributed by atoms with E-state index < -0.39 is 34.5 Å². The highest BCUT2D eigenvalue weighted by molar-refractivity contribution is 7.79. The van der Waals surface area contributed by atoms with Gasteiger partial charge in [-0.15, -0.1) is 0 Å². The third-order valence-electron chi connectivity index (χ3n) is 1.15. The number of aliphatic hydroxyl groups is 2. The van der Waals surface area contributed by atoms with Crippen LogP contribution in [-0.4, -0.2) is 51.8 Å². The van der Waals surface area contributed by atoms with Gasteiger partial charge in [-0.05, 0) is 0 Å². The number of hydrogen-bond donors (Lipinski definition) is 4. The lowest BCUT2D eigenvalue weighted by molar-refractivity contribution is -0.455. The molecule has 15 heteroatoms. The van der Waals surface area contributed by atoms with Crippen LogP contribution in [0.4, 0.5) is 35.1 Å². The van der Waals surface area contributed by atoms with Crippen molar-refractivity contribution in [3.05, 3.63) is 0 Å². The van der Waals surface area contributed by atoms with Gasteiger partial charge in [0.15, 0.2) is 0 Å². The van der Waals surface area contributed by atoms with Crippen molar-refractivity contribution in [2.45, 2.75) is 24.1 Å². The van der Waals surface area contributed by atoms with E-state index in [4.69, 9.17) is 27.7 Å². The van der Waals surface area contributed by atoms with E-state index in [1.807, 2.05) is 0 Å². The number of rotatable bonds is 2. The van der Waals surface area contributed by atoms with Crippen LogP contribution >= 0.6 is 0 Å². The Kier molecular flexibility index (Phi) is 5.74. The first-order chi connectivity index (χ1) is 7.75. The Bertz CT molecular complexity index is 360. The van der Waals surface area contributed by atoms with Gasteiger partial charge >= 0.3 is 34.5 Å². The van der Waals surface area contributed by atoms with Crippen molar-refractivity contribution >= 4 is 10.4 Å². The second kappa shape index (κ2) is 5.31. The average Bonchev–Trinajstić information content (AvgIpc) is 1.95. The van der Waals surface area contributed by atoms with E-state index in [-0.39, 0.29) is 0 Å². The van der Waals surface area contributed by atoms with Crippen LogP contribution in [0.1, 0.15) is 0 Å². The zero-order chi connectivity index (χ0) is 16.5. The van der Waals surface area contributed by atoms with Crippen LogP contribution in [0.25, 0.3) is 0 Å². The first-order valence-corrected chi connectivity index (χ1v) is 4.80. The molecular formula is C4H4F8O6S. The van der Waals surface area contributed by atoms with E-state index in [1.165, 1.54) is 0 Å². The Hall–Kier alpha value is -0.770. The summed E-state index contributed by atoms with van der Waals surface area (Å²) in [5.74, 6) is -13.6. The molecule has 0 unspecified atom stereocenters. The number of hydrogen-bond acceptors (Lipinski definition) is 4. The summed E-state index contributed by atoms with van der Waals surface area (Å²) in [6.45, 7) is 0. The summed E-state index contributed by atoms with van der Waals surface area (Å²) in [6, 6.07) is -5.97. The predicted octanol–water partition coefficient (Wildman–Crippen LogP) is 0.774. The number of alkyl halides is 8. The van der Waals surface area contributed by atoms with Crippen LogP contribution < -0.4 is 0 Å². The van der Waals surface area contributed by atoms with Gasteiger partial charge in [-0.3, -0.25) is 9.11 Å². The molecule has 0 aliphatic rings. The van der Waals surface area contributed by atoms with E-state index in [2.05, 4.69) is 0 Å². The van der Waals surface area contributed by atoms with Gasteiger partial charge in [-0.2, -0.15) is 43.5 Å². The first kappa shape index (κ1) is 20.5. The lowest BCUT2D eigenvalue weighted by atomic mass is 10.1.